The topological polar surface area (TPSA) is 138 Å². The average Bonchev–Trinajstić information content (AvgIpc) is 3.45. The van der Waals surface area contributed by atoms with E-state index in [0.29, 0.717) is 12.8 Å². The highest BCUT2D eigenvalue weighted by Gasteiger charge is 2.94. The second-order valence-electron chi connectivity index (χ2n) is 13.8. The maximum Gasteiger partial charge on any atom is 0.342 e. The van der Waals surface area contributed by atoms with Crippen LogP contribution < -0.4 is 0 Å². The molecular formula is C28H30O10. The molecule has 6 saturated heterocycles. The van der Waals surface area contributed by atoms with Gasteiger partial charge in [-0.2, -0.15) is 0 Å². The Morgan fingerprint density at radius 1 is 1.05 bits per heavy atom. The fourth-order valence-electron chi connectivity index (χ4n) is 10.9. The zero-order valence-electron chi connectivity index (χ0n) is 21.5. The Bertz CT molecular complexity index is 1340. The van der Waals surface area contributed by atoms with Crippen LogP contribution in [-0.2, 0) is 42.9 Å². The number of carbonyl (C=O) groups excluding carboxylic acids is 4. The molecule has 8 fully saturated rings. The number of epoxide rings is 1. The van der Waals surface area contributed by atoms with Gasteiger partial charge in [-0.1, -0.05) is 13.0 Å². The van der Waals surface area contributed by atoms with Crippen LogP contribution in [0.1, 0.15) is 52.9 Å². The fraction of sp³-hybridized carbons (Fsp3) is 0.786. The molecule has 3 spiro atoms. The van der Waals surface area contributed by atoms with Crippen LogP contribution in [0.25, 0.3) is 0 Å². The molecule has 6 aliphatic heterocycles. The van der Waals surface area contributed by atoms with Crippen molar-refractivity contribution in [1.82, 2.24) is 0 Å². The molecule has 3 aliphatic carbocycles. The molecule has 6 heterocycles. The van der Waals surface area contributed by atoms with Crippen LogP contribution in [-0.4, -0.2) is 75.6 Å². The van der Waals surface area contributed by atoms with Crippen LogP contribution in [0.2, 0.25) is 0 Å². The summed E-state index contributed by atoms with van der Waals surface area (Å²) in [5, 5.41) is 12.4. The number of allylic oxidation sites excluding steroid dienone is 1. The molecule has 10 heteroatoms. The summed E-state index contributed by atoms with van der Waals surface area (Å²) < 4.78 is 31.5. The lowest BCUT2D eigenvalue weighted by molar-refractivity contribution is -0.375. The van der Waals surface area contributed by atoms with E-state index < -0.39 is 80.7 Å². The molecule has 0 amide bonds. The molecule has 9 rings (SSSR count). The van der Waals surface area contributed by atoms with Crippen molar-refractivity contribution >= 4 is 23.5 Å². The SMILES string of the molecule is C[C@@]12C[C@H]3OC(=O)[C@@H]1CO[C@]14O[C@]5([C@H]2C1=O)[C@@](O)(CC[C@@H]1[C@H]4C[C@@H]2O[C@@]24CC=CC(=O)[C@]14C)C(=O)O[C@@]35C. The third kappa shape index (κ3) is 1.79. The van der Waals surface area contributed by atoms with Crippen molar-refractivity contribution in [1.29, 1.82) is 0 Å². The van der Waals surface area contributed by atoms with Crippen molar-refractivity contribution in [3.05, 3.63) is 12.2 Å². The van der Waals surface area contributed by atoms with Gasteiger partial charge in [-0.25, -0.2) is 4.79 Å². The highest BCUT2D eigenvalue weighted by molar-refractivity contribution is 6.00. The lowest BCUT2D eigenvalue weighted by atomic mass is 9.46. The van der Waals surface area contributed by atoms with E-state index in [1.807, 2.05) is 19.9 Å². The third-order valence-electron chi connectivity index (χ3n) is 12.9. The monoisotopic (exact) mass is 526 g/mol. The Hall–Kier alpha value is -2.14. The number of rotatable bonds is 0. The van der Waals surface area contributed by atoms with Crippen molar-refractivity contribution in [2.75, 3.05) is 6.61 Å². The number of esters is 2. The van der Waals surface area contributed by atoms with E-state index >= 15 is 0 Å². The minimum absolute atomic E-state index is 0.0583. The van der Waals surface area contributed by atoms with Gasteiger partial charge >= 0.3 is 11.9 Å². The molecule has 10 nitrogen and oxygen atoms in total. The third-order valence-corrected chi connectivity index (χ3v) is 12.9. The standard InChI is InChI=1S/C28H30O10/c1-22-10-17-24(3)28-18(22)19(30)27(38-28,34-11-14(22)20(31)35-17)13-9-16-26(36-16)7-4-5-15(29)23(26,2)12(13)6-8-25(28,33)21(32)37-24/h4-5,12-14,16-18,33H,6-11H2,1-3H3/t12-,13-,14+,16+,17-,18+,22-,23+,24+,25-,26+,27-,28+/m1/s1. The molecule has 0 radical (unpaired) electrons. The summed E-state index contributed by atoms with van der Waals surface area (Å²) in [5.41, 5.74) is -8.23. The number of hydrogen-bond donors (Lipinski definition) is 1. The van der Waals surface area contributed by atoms with Crippen LogP contribution in [0.3, 0.4) is 0 Å². The van der Waals surface area contributed by atoms with E-state index in [-0.39, 0.29) is 43.5 Å². The summed E-state index contributed by atoms with van der Waals surface area (Å²) in [7, 11) is 0. The Kier molecular flexibility index (Phi) is 3.47. The number of ether oxygens (including phenoxy) is 5. The summed E-state index contributed by atoms with van der Waals surface area (Å²) in [6.45, 7) is 5.27. The summed E-state index contributed by atoms with van der Waals surface area (Å²) in [5.74, 6) is -6.56. The fourth-order valence-corrected chi connectivity index (χ4v) is 10.9. The highest BCUT2D eigenvalue weighted by atomic mass is 16.8. The second-order valence-corrected chi connectivity index (χ2v) is 13.8. The van der Waals surface area contributed by atoms with Gasteiger partial charge in [0, 0.05) is 5.92 Å². The molecule has 2 saturated carbocycles. The molecule has 0 aromatic carbocycles. The van der Waals surface area contributed by atoms with E-state index in [2.05, 4.69) is 0 Å². The summed E-state index contributed by atoms with van der Waals surface area (Å²) in [4.78, 5) is 55.6. The summed E-state index contributed by atoms with van der Waals surface area (Å²) in [6, 6.07) is 0. The Labute approximate surface area is 218 Å². The van der Waals surface area contributed by atoms with Crippen LogP contribution in [0.5, 0.6) is 0 Å². The van der Waals surface area contributed by atoms with Gasteiger partial charge < -0.3 is 28.8 Å². The van der Waals surface area contributed by atoms with Gasteiger partial charge in [-0.05, 0) is 63.4 Å². The van der Waals surface area contributed by atoms with Crippen LogP contribution in [0.4, 0.5) is 0 Å². The second kappa shape index (κ2) is 5.82. The molecular weight excluding hydrogens is 496 g/mol. The number of Topliss-reactive ketones (excluding diaryl/α,β-unsaturated/α-hetero) is 1. The first-order valence-electron chi connectivity index (χ1n) is 13.8. The van der Waals surface area contributed by atoms with E-state index in [0.717, 1.165) is 0 Å². The van der Waals surface area contributed by atoms with Crippen molar-refractivity contribution < 1.29 is 48.0 Å². The lowest BCUT2D eigenvalue weighted by Crippen LogP contribution is -2.79. The molecule has 0 unspecified atom stereocenters. The molecule has 5 bridgehead atoms. The van der Waals surface area contributed by atoms with E-state index in [1.54, 1.807) is 13.0 Å². The molecule has 13 atom stereocenters. The maximum absolute atomic E-state index is 14.9. The van der Waals surface area contributed by atoms with Gasteiger partial charge in [-0.3, -0.25) is 14.4 Å². The molecule has 9 aliphatic rings. The molecule has 38 heavy (non-hydrogen) atoms. The van der Waals surface area contributed by atoms with Gasteiger partial charge in [0.05, 0.1) is 30.0 Å². The van der Waals surface area contributed by atoms with Crippen molar-refractivity contribution in [2.45, 2.75) is 93.3 Å². The Morgan fingerprint density at radius 3 is 2.63 bits per heavy atom. The van der Waals surface area contributed by atoms with Crippen molar-refractivity contribution in [3.63, 3.8) is 0 Å². The summed E-state index contributed by atoms with van der Waals surface area (Å²) in [6.07, 6.45) is 3.82. The molecule has 0 aromatic rings. The molecule has 202 valence electrons. The van der Waals surface area contributed by atoms with Gasteiger partial charge in [0.15, 0.2) is 28.4 Å². The highest BCUT2D eigenvalue weighted by Crippen LogP contribution is 2.77. The van der Waals surface area contributed by atoms with Crippen molar-refractivity contribution in [2.24, 2.45) is 34.5 Å². The van der Waals surface area contributed by atoms with E-state index in [1.165, 1.54) is 0 Å². The largest absolute Gasteiger partial charge is 0.458 e. The van der Waals surface area contributed by atoms with Crippen LogP contribution >= 0.6 is 0 Å². The predicted molar refractivity (Wildman–Crippen MR) is 122 cm³/mol. The van der Waals surface area contributed by atoms with Crippen LogP contribution in [0, 0.1) is 34.5 Å². The Balaban J connectivity index is 1.34. The average molecular weight is 527 g/mol. The minimum Gasteiger partial charge on any atom is -0.458 e. The molecule has 0 aromatic heterocycles. The minimum atomic E-state index is -2.19. The van der Waals surface area contributed by atoms with E-state index in [4.69, 9.17) is 23.7 Å². The smallest absolute Gasteiger partial charge is 0.342 e. The van der Waals surface area contributed by atoms with Gasteiger partial charge in [0.25, 0.3) is 0 Å². The normalized spacial score (nSPS) is 64.1. The predicted octanol–water partition coefficient (Wildman–Crippen LogP) is 0.768. The van der Waals surface area contributed by atoms with Gasteiger partial charge in [0.1, 0.15) is 11.7 Å². The number of hydrogen-bond acceptors (Lipinski definition) is 10. The first-order valence-corrected chi connectivity index (χ1v) is 13.8. The van der Waals surface area contributed by atoms with Gasteiger partial charge in [0.2, 0.25) is 5.79 Å². The first-order chi connectivity index (χ1) is 17.9. The first kappa shape index (κ1) is 22.7. The Morgan fingerprint density at radius 2 is 1.84 bits per heavy atom. The van der Waals surface area contributed by atoms with Crippen molar-refractivity contribution in [3.8, 4) is 0 Å². The zero-order chi connectivity index (χ0) is 26.5. The maximum atomic E-state index is 14.9. The lowest BCUT2D eigenvalue weighted by Gasteiger charge is -2.63. The number of fused-ring (bicyclic) bond motifs is 4. The zero-order valence-corrected chi connectivity index (χ0v) is 21.5. The molecule has 1 N–H and O–H groups in total. The van der Waals surface area contributed by atoms with Crippen LogP contribution in [0.15, 0.2) is 12.2 Å². The van der Waals surface area contributed by atoms with Gasteiger partial charge in [-0.15, -0.1) is 0 Å². The number of aliphatic hydroxyl groups is 1. The summed E-state index contributed by atoms with van der Waals surface area (Å²) >= 11 is 0. The quantitative estimate of drug-likeness (QED) is 0.356. The van der Waals surface area contributed by atoms with E-state index in [9.17, 15) is 24.3 Å². The number of carbonyl (C=O) groups is 4. The number of ketones is 2.